The number of aliphatic carboxylic acids is 2. The number of nitrogens with zero attached hydrogens (tertiary/aromatic N) is 1. The molecule has 0 unspecified atom stereocenters. The van der Waals surface area contributed by atoms with Crippen LogP contribution in [-0.2, 0) is 30.9 Å². The molecule has 5 aliphatic rings. The van der Waals surface area contributed by atoms with Gasteiger partial charge in [-0.25, -0.2) is 4.79 Å². The van der Waals surface area contributed by atoms with E-state index in [0.29, 0.717) is 25.1 Å². The van der Waals surface area contributed by atoms with Crippen molar-refractivity contribution in [1.29, 1.82) is 0 Å². The number of piperidine rings is 1. The van der Waals surface area contributed by atoms with Gasteiger partial charge in [-0.3, -0.25) is 9.69 Å². The number of phenolic OH excluding ortho intramolecular Hbond substituents is 1. The molecule has 12 nitrogen and oxygen atoms in total. The number of aliphatic hydroxyl groups excluding tert-OH is 3. The maximum atomic E-state index is 11.5. The van der Waals surface area contributed by atoms with Crippen molar-refractivity contribution in [1.82, 2.24) is 4.90 Å². The van der Waals surface area contributed by atoms with Gasteiger partial charge in [0.05, 0.1) is 6.54 Å². The molecule has 3 aliphatic heterocycles. The second-order valence-electron chi connectivity index (χ2n) is 10.2. The fraction of sp³-hybridized carbons (Fsp3) is 0.583. The topological polar surface area (TPSA) is 186 Å². The Labute approximate surface area is 204 Å². The number of likely N-dealkylation sites (tertiary alicyclic amines) is 1. The average molecular weight is 505 g/mol. The van der Waals surface area contributed by atoms with E-state index in [2.05, 4.69) is 0 Å². The number of hydrogen-bond donors (Lipinski definition) is 6. The molecule has 6 rings (SSSR count). The van der Waals surface area contributed by atoms with Crippen molar-refractivity contribution in [3.05, 3.63) is 35.4 Å². The monoisotopic (exact) mass is 505 g/mol. The van der Waals surface area contributed by atoms with Gasteiger partial charge in [0.1, 0.15) is 30.5 Å². The van der Waals surface area contributed by atoms with Crippen LogP contribution in [0.5, 0.6) is 11.5 Å². The molecule has 2 saturated heterocycles. The summed E-state index contributed by atoms with van der Waals surface area (Å²) in [6, 6.07) is 3.25. The molecule has 194 valence electrons. The van der Waals surface area contributed by atoms with E-state index in [0.717, 1.165) is 11.1 Å². The lowest BCUT2D eigenvalue weighted by atomic mass is 9.53. The number of rotatable bonds is 5. The van der Waals surface area contributed by atoms with Gasteiger partial charge in [0.15, 0.2) is 23.9 Å². The first-order chi connectivity index (χ1) is 17.1. The van der Waals surface area contributed by atoms with Gasteiger partial charge in [-0.2, -0.15) is 0 Å². The molecule has 36 heavy (non-hydrogen) atoms. The highest BCUT2D eigenvalue weighted by atomic mass is 16.7. The zero-order valence-electron chi connectivity index (χ0n) is 19.0. The average Bonchev–Trinajstić information content (AvgIpc) is 3.18. The highest BCUT2D eigenvalue weighted by Crippen LogP contribution is 2.62. The maximum Gasteiger partial charge on any atom is 0.335 e. The summed E-state index contributed by atoms with van der Waals surface area (Å²) in [5.41, 5.74) is 1.17. The van der Waals surface area contributed by atoms with Gasteiger partial charge in [0.25, 0.3) is 0 Å². The summed E-state index contributed by atoms with van der Waals surface area (Å²) in [6.07, 6.45) is -5.54. The molecule has 0 saturated carbocycles. The van der Waals surface area contributed by atoms with Crippen molar-refractivity contribution in [2.45, 2.75) is 67.2 Å². The van der Waals surface area contributed by atoms with E-state index in [4.69, 9.17) is 14.2 Å². The molecule has 2 aliphatic carbocycles. The largest absolute Gasteiger partial charge is 0.504 e. The Kier molecular flexibility index (Phi) is 5.34. The Morgan fingerprint density at radius 2 is 1.89 bits per heavy atom. The molecule has 1 aromatic carbocycles. The summed E-state index contributed by atoms with van der Waals surface area (Å²) in [6.45, 7) is 0.382. The maximum absolute atomic E-state index is 11.5. The third-order valence-electron chi connectivity index (χ3n) is 8.41. The summed E-state index contributed by atoms with van der Waals surface area (Å²) >= 11 is 0. The van der Waals surface area contributed by atoms with Crippen LogP contribution in [-0.4, -0.2) is 110 Å². The van der Waals surface area contributed by atoms with Gasteiger partial charge in [0.2, 0.25) is 0 Å². The summed E-state index contributed by atoms with van der Waals surface area (Å²) in [4.78, 5) is 25.0. The Morgan fingerprint density at radius 1 is 1.11 bits per heavy atom. The van der Waals surface area contributed by atoms with Gasteiger partial charge in [-0.15, -0.1) is 0 Å². The van der Waals surface area contributed by atoms with Crippen molar-refractivity contribution >= 4 is 11.9 Å². The Balaban J connectivity index is 1.38. The van der Waals surface area contributed by atoms with Crippen molar-refractivity contribution in [2.75, 3.05) is 13.1 Å². The quantitative estimate of drug-likeness (QED) is 0.257. The van der Waals surface area contributed by atoms with Crippen LogP contribution in [0.2, 0.25) is 0 Å². The lowest BCUT2D eigenvalue weighted by Crippen LogP contribution is -2.67. The normalized spacial score (nSPS) is 42.5. The van der Waals surface area contributed by atoms with Crippen LogP contribution in [0, 0.1) is 5.92 Å². The molecule has 1 aromatic rings. The van der Waals surface area contributed by atoms with Crippen molar-refractivity contribution in [3.8, 4) is 11.5 Å². The molecule has 0 radical (unpaired) electrons. The van der Waals surface area contributed by atoms with Crippen LogP contribution < -0.4 is 4.74 Å². The number of benzene rings is 1. The summed E-state index contributed by atoms with van der Waals surface area (Å²) < 4.78 is 17.6. The third-order valence-corrected chi connectivity index (χ3v) is 8.41. The van der Waals surface area contributed by atoms with Crippen LogP contribution >= 0.6 is 0 Å². The molecule has 3 heterocycles. The van der Waals surface area contributed by atoms with Gasteiger partial charge in [-0.05, 0) is 24.5 Å². The molecule has 10 atom stereocenters. The van der Waals surface area contributed by atoms with Crippen LogP contribution in [0.1, 0.15) is 17.5 Å². The first-order valence-corrected chi connectivity index (χ1v) is 11.9. The number of aromatic hydroxyl groups is 1. The predicted octanol–water partition coefficient (Wildman–Crippen LogP) is -1.43. The van der Waals surface area contributed by atoms with Crippen LogP contribution in [0.3, 0.4) is 0 Å². The first kappa shape index (κ1) is 23.6. The second kappa shape index (κ2) is 8.13. The van der Waals surface area contributed by atoms with E-state index in [1.165, 1.54) is 0 Å². The first-order valence-electron chi connectivity index (χ1n) is 11.9. The third kappa shape index (κ3) is 3.15. The molecule has 6 N–H and O–H groups in total. The van der Waals surface area contributed by atoms with Crippen LogP contribution in [0.15, 0.2) is 24.3 Å². The standard InChI is InChI=1S/C24H27NO11/c26-12-3-1-9-7-11-10-2-4-13(34-23-18(31)16(29)17(30)20(36-23)22(32)33)21-24(10,15(9)19(12)35-21)5-6-25(11)8-14(27)28/h1-4,10-11,13,16-18,20-21,23,26,29-31H,5-8H2,(H,27,28)(H,32,33)/t10-,11+,13-,16-,17-,18+,20-,21-,23+,24-/m0/s1. The van der Waals surface area contributed by atoms with E-state index in [1.54, 1.807) is 12.1 Å². The Hall–Kier alpha value is -2.74. The minimum Gasteiger partial charge on any atom is -0.504 e. The molecule has 1 spiro atoms. The van der Waals surface area contributed by atoms with Crippen LogP contribution in [0.25, 0.3) is 0 Å². The molecule has 2 bridgehead atoms. The lowest BCUT2D eigenvalue weighted by molar-refractivity contribution is -0.307. The van der Waals surface area contributed by atoms with E-state index < -0.39 is 60.3 Å². The fourth-order valence-corrected chi connectivity index (χ4v) is 6.92. The number of phenols is 1. The highest BCUT2D eigenvalue weighted by Gasteiger charge is 2.65. The number of carbonyl (C=O) groups is 2. The second-order valence-corrected chi connectivity index (χ2v) is 10.2. The highest BCUT2D eigenvalue weighted by molar-refractivity contribution is 5.73. The van der Waals surface area contributed by atoms with Crippen molar-refractivity contribution < 1.29 is 54.4 Å². The summed E-state index contributed by atoms with van der Waals surface area (Å²) in [5.74, 6) is -2.25. The number of hydrogen-bond acceptors (Lipinski definition) is 10. The number of aliphatic hydroxyl groups is 3. The molecular weight excluding hydrogens is 478 g/mol. The van der Waals surface area contributed by atoms with Gasteiger partial charge >= 0.3 is 11.9 Å². The van der Waals surface area contributed by atoms with E-state index in [1.807, 2.05) is 17.0 Å². The lowest BCUT2D eigenvalue weighted by Gasteiger charge is -2.57. The molecule has 0 amide bonds. The summed E-state index contributed by atoms with van der Waals surface area (Å²) in [5, 5.41) is 60.1. The fourth-order valence-electron chi connectivity index (χ4n) is 6.92. The predicted molar refractivity (Wildman–Crippen MR) is 117 cm³/mol. The minimum absolute atomic E-state index is 0.0279. The molecular formula is C24H27NO11. The number of carboxylic acids is 2. The SMILES string of the molecule is O=C(O)CN1CC[C@]23c4c5ccc(O)c4O[C@H]2[C@@H](O[C@@H]2O[C@H](C(=O)O)[C@@H](O)[C@H](O)[C@H]2O)C=C[C@H]3[C@H]1C5. The van der Waals surface area contributed by atoms with Gasteiger partial charge < -0.3 is 44.8 Å². The number of carboxylic acid groups (broad SMARTS) is 2. The van der Waals surface area contributed by atoms with Crippen molar-refractivity contribution in [2.24, 2.45) is 5.92 Å². The Bertz CT molecular complexity index is 1140. The minimum atomic E-state index is -1.84. The zero-order valence-corrected chi connectivity index (χ0v) is 19.0. The Morgan fingerprint density at radius 3 is 2.61 bits per heavy atom. The molecule has 0 aromatic heterocycles. The van der Waals surface area contributed by atoms with Gasteiger partial charge in [-0.1, -0.05) is 18.2 Å². The summed E-state index contributed by atoms with van der Waals surface area (Å²) in [7, 11) is 0. The van der Waals surface area contributed by atoms with E-state index in [-0.39, 0.29) is 24.3 Å². The van der Waals surface area contributed by atoms with E-state index >= 15 is 0 Å². The van der Waals surface area contributed by atoms with Crippen molar-refractivity contribution in [3.63, 3.8) is 0 Å². The van der Waals surface area contributed by atoms with E-state index in [9.17, 15) is 40.2 Å². The molecule has 2 fully saturated rings. The zero-order chi connectivity index (χ0) is 25.5. The number of ether oxygens (including phenoxy) is 3. The smallest absolute Gasteiger partial charge is 0.335 e. The van der Waals surface area contributed by atoms with Gasteiger partial charge in [0, 0.05) is 29.5 Å². The molecule has 12 heteroatoms. The van der Waals surface area contributed by atoms with Crippen LogP contribution in [0.4, 0.5) is 0 Å².